The van der Waals surface area contributed by atoms with Crippen molar-refractivity contribution < 1.29 is 14.0 Å². The molecule has 0 aromatic heterocycles. The molecule has 2 amide bonds. The molecule has 0 radical (unpaired) electrons. The average Bonchev–Trinajstić information content (AvgIpc) is 3.08. The van der Waals surface area contributed by atoms with Crippen LogP contribution in [0.15, 0.2) is 18.2 Å². The molecule has 0 aliphatic carbocycles. The van der Waals surface area contributed by atoms with E-state index in [9.17, 15) is 14.0 Å². The summed E-state index contributed by atoms with van der Waals surface area (Å²) in [5.74, 6) is -2.04. The first-order chi connectivity index (χ1) is 11.4. The van der Waals surface area contributed by atoms with Gasteiger partial charge in [0.2, 0.25) is 0 Å². The van der Waals surface area contributed by atoms with Crippen LogP contribution in [0.2, 0.25) is 0 Å². The largest absolute Gasteiger partial charge is 0.369 e. The van der Waals surface area contributed by atoms with Gasteiger partial charge < -0.3 is 15.1 Å². The van der Waals surface area contributed by atoms with Gasteiger partial charge in [0, 0.05) is 31.9 Å². The number of carbonyl (C=O) groups excluding carboxylic acids is 2. The topological polar surface area (TPSA) is 76.4 Å². The lowest BCUT2D eigenvalue weighted by molar-refractivity contribution is -0.143. The Kier molecular flexibility index (Phi) is 5.74. The van der Waals surface area contributed by atoms with E-state index in [1.54, 1.807) is 19.1 Å². The SMILES string of the molecule is C[C@H](CC#N)N(C)C(=O)C(=O)Nc1ccc(N2CCCC2)c(F)c1. The van der Waals surface area contributed by atoms with Gasteiger partial charge in [-0.15, -0.1) is 0 Å². The standard InChI is InChI=1S/C17H21FN4O2/c1-12(7-8-19)21(2)17(24)16(23)20-13-5-6-15(14(18)11-13)22-9-3-4-10-22/h5-6,11-12H,3-4,7,9-10H2,1-2H3,(H,20,23)/t12-/m1/s1. The number of halogens is 1. The van der Waals surface area contributed by atoms with Gasteiger partial charge in [-0.25, -0.2) is 4.39 Å². The Morgan fingerprint density at radius 1 is 1.42 bits per heavy atom. The fraction of sp³-hybridized carbons (Fsp3) is 0.471. The number of nitrogens with zero attached hydrogens (tertiary/aromatic N) is 3. The van der Waals surface area contributed by atoms with Crippen molar-refractivity contribution >= 4 is 23.2 Å². The summed E-state index contributed by atoms with van der Waals surface area (Å²) in [5, 5.41) is 11.1. The summed E-state index contributed by atoms with van der Waals surface area (Å²) in [6.07, 6.45) is 2.22. The smallest absolute Gasteiger partial charge is 0.313 e. The molecule has 0 spiro atoms. The Morgan fingerprint density at radius 3 is 2.67 bits per heavy atom. The van der Waals surface area contributed by atoms with Crippen molar-refractivity contribution in [2.24, 2.45) is 0 Å². The maximum atomic E-state index is 14.2. The normalized spacial score (nSPS) is 14.8. The first-order valence-electron chi connectivity index (χ1n) is 7.93. The van der Waals surface area contributed by atoms with Gasteiger partial charge in [-0.05, 0) is 38.0 Å². The fourth-order valence-electron chi connectivity index (χ4n) is 2.61. The number of hydrogen-bond acceptors (Lipinski definition) is 4. The van der Waals surface area contributed by atoms with Crippen molar-refractivity contribution in [3.05, 3.63) is 24.0 Å². The van der Waals surface area contributed by atoms with E-state index in [0.717, 1.165) is 25.9 Å². The zero-order chi connectivity index (χ0) is 17.7. The van der Waals surface area contributed by atoms with Gasteiger partial charge in [-0.3, -0.25) is 9.59 Å². The minimum absolute atomic E-state index is 0.134. The molecule has 0 bridgehead atoms. The summed E-state index contributed by atoms with van der Waals surface area (Å²) in [7, 11) is 1.46. The molecule has 0 unspecified atom stereocenters. The van der Waals surface area contributed by atoms with Crippen LogP contribution in [0, 0.1) is 17.1 Å². The van der Waals surface area contributed by atoms with E-state index < -0.39 is 17.6 Å². The Hall–Kier alpha value is -2.62. The third-order valence-corrected chi connectivity index (χ3v) is 4.21. The molecular weight excluding hydrogens is 311 g/mol. The van der Waals surface area contributed by atoms with Crippen LogP contribution in [0.5, 0.6) is 0 Å². The van der Waals surface area contributed by atoms with Gasteiger partial charge in [0.1, 0.15) is 5.82 Å². The number of amides is 2. The number of rotatable bonds is 4. The molecule has 1 aliphatic heterocycles. The molecule has 2 rings (SSSR count). The van der Waals surface area contributed by atoms with Crippen LogP contribution in [-0.4, -0.2) is 42.9 Å². The minimum atomic E-state index is -0.851. The number of likely N-dealkylation sites (N-methyl/N-ethyl adjacent to an activating group) is 1. The van der Waals surface area contributed by atoms with Crippen molar-refractivity contribution in [2.75, 3.05) is 30.4 Å². The molecule has 1 fully saturated rings. The highest BCUT2D eigenvalue weighted by Crippen LogP contribution is 2.26. The van der Waals surface area contributed by atoms with E-state index in [-0.39, 0.29) is 18.2 Å². The predicted molar refractivity (Wildman–Crippen MR) is 88.9 cm³/mol. The summed E-state index contributed by atoms with van der Waals surface area (Å²) in [5.41, 5.74) is 0.742. The highest BCUT2D eigenvalue weighted by molar-refractivity contribution is 6.39. The molecule has 7 heteroatoms. The number of nitrogens with one attached hydrogen (secondary N) is 1. The number of hydrogen-bond donors (Lipinski definition) is 1. The molecule has 1 N–H and O–H groups in total. The zero-order valence-electron chi connectivity index (χ0n) is 13.9. The Morgan fingerprint density at radius 2 is 2.08 bits per heavy atom. The molecule has 0 saturated carbocycles. The van der Waals surface area contributed by atoms with Crippen molar-refractivity contribution in [3.8, 4) is 6.07 Å². The van der Waals surface area contributed by atoms with Gasteiger partial charge in [0.25, 0.3) is 0 Å². The molecule has 1 atom stereocenters. The van der Waals surface area contributed by atoms with E-state index >= 15 is 0 Å². The highest BCUT2D eigenvalue weighted by Gasteiger charge is 2.23. The molecule has 1 aromatic carbocycles. The summed E-state index contributed by atoms with van der Waals surface area (Å²) in [4.78, 5) is 27.2. The summed E-state index contributed by atoms with van der Waals surface area (Å²) < 4.78 is 14.2. The molecule has 1 saturated heterocycles. The molecule has 128 valence electrons. The molecule has 6 nitrogen and oxygen atoms in total. The van der Waals surface area contributed by atoms with Gasteiger partial charge in [0.15, 0.2) is 0 Å². The number of anilines is 2. The third kappa shape index (κ3) is 4.02. The van der Waals surface area contributed by atoms with Crippen molar-refractivity contribution in [1.29, 1.82) is 5.26 Å². The zero-order valence-corrected chi connectivity index (χ0v) is 13.9. The first-order valence-corrected chi connectivity index (χ1v) is 7.93. The Bertz CT molecular complexity index is 665. The Labute approximate surface area is 140 Å². The summed E-state index contributed by atoms with van der Waals surface area (Å²) in [6, 6.07) is 6.00. The lowest BCUT2D eigenvalue weighted by Crippen LogP contribution is -2.42. The van der Waals surface area contributed by atoms with Crippen LogP contribution in [-0.2, 0) is 9.59 Å². The maximum Gasteiger partial charge on any atom is 0.313 e. The molecule has 1 heterocycles. The number of benzene rings is 1. The summed E-state index contributed by atoms with van der Waals surface area (Å²) in [6.45, 7) is 3.32. The van der Waals surface area contributed by atoms with Crippen LogP contribution < -0.4 is 10.2 Å². The van der Waals surface area contributed by atoms with Gasteiger partial charge in [-0.2, -0.15) is 5.26 Å². The van der Waals surface area contributed by atoms with E-state index in [4.69, 9.17) is 5.26 Å². The van der Waals surface area contributed by atoms with Crippen LogP contribution in [0.4, 0.5) is 15.8 Å². The van der Waals surface area contributed by atoms with Crippen LogP contribution in [0.1, 0.15) is 26.2 Å². The third-order valence-electron chi connectivity index (χ3n) is 4.21. The molecule has 24 heavy (non-hydrogen) atoms. The highest BCUT2D eigenvalue weighted by atomic mass is 19.1. The van der Waals surface area contributed by atoms with Crippen LogP contribution in [0.25, 0.3) is 0 Å². The number of carbonyl (C=O) groups is 2. The van der Waals surface area contributed by atoms with Gasteiger partial charge in [-0.1, -0.05) is 0 Å². The van der Waals surface area contributed by atoms with Crippen LogP contribution >= 0.6 is 0 Å². The molecule has 1 aliphatic rings. The second-order valence-electron chi connectivity index (χ2n) is 5.94. The molecular formula is C17H21FN4O2. The lowest BCUT2D eigenvalue weighted by Gasteiger charge is -2.22. The lowest BCUT2D eigenvalue weighted by atomic mass is 10.2. The van der Waals surface area contributed by atoms with Gasteiger partial charge >= 0.3 is 11.8 Å². The van der Waals surface area contributed by atoms with Crippen molar-refractivity contribution in [2.45, 2.75) is 32.2 Å². The van der Waals surface area contributed by atoms with Crippen LogP contribution in [0.3, 0.4) is 0 Å². The first kappa shape index (κ1) is 17.7. The monoisotopic (exact) mass is 332 g/mol. The fourth-order valence-corrected chi connectivity index (χ4v) is 2.61. The maximum absolute atomic E-state index is 14.2. The predicted octanol–water partition coefficient (Wildman–Crippen LogP) is 2.12. The number of nitriles is 1. The van der Waals surface area contributed by atoms with E-state index in [1.165, 1.54) is 18.0 Å². The average molecular weight is 332 g/mol. The van der Waals surface area contributed by atoms with E-state index in [0.29, 0.717) is 5.69 Å². The van der Waals surface area contributed by atoms with E-state index in [1.807, 2.05) is 11.0 Å². The molecule has 1 aromatic rings. The second kappa shape index (κ2) is 7.77. The summed E-state index contributed by atoms with van der Waals surface area (Å²) >= 11 is 0. The minimum Gasteiger partial charge on any atom is -0.369 e. The second-order valence-corrected chi connectivity index (χ2v) is 5.94. The Balaban J connectivity index is 2.02. The van der Waals surface area contributed by atoms with Gasteiger partial charge in [0.05, 0.1) is 18.2 Å². The van der Waals surface area contributed by atoms with Crippen molar-refractivity contribution in [3.63, 3.8) is 0 Å². The van der Waals surface area contributed by atoms with Crippen molar-refractivity contribution in [1.82, 2.24) is 4.90 Å². The quantitative estimate of drug-likeness (QED) is 0.857. The van der Waals surface area contributed by atoms with E-state index in [2.05, 4.69) is 5.32 Å².